The predicted molar refractivity (Wildman–Crippen MR) is 156 cm³/mol. The number of rotatable bonds is 15. The van der Waals surface area contributed by atoms with E-state index >= 15 is 0 Å². The van der Waals surface area contributed by atoms with Crippen molar-refractivity contribution in [3.63, 3.8) is 0 Å². The highest BCUT2D eigenvalue weighted by Gasteiger charge is 2.35. The van der Waals surface area contributed by atoms with Crippen LogP contribution in [0.15, 0.2) is 47.3 Å². The van der Waals surface area contributed by atoms with Gasteiger partial charge in [-0.15, -0.1) is 6.42 Å². The summed E-state index contributed by atoms with van der Waals surface area (Å²) in [6.45, 7) is -0.595. The van der Waals surface area contributed by atoms with Gasteiger partial charge in [-0.1, -0.05) is 24.1 Å². The van der Waals surface area contributed by atoms with Gasteiger partial charge in [-0.2, -0.15) is 0 Å². The number of aromatic amines is 1. The summed E-state index contributed by atoms with van der Waals surface area (Å²) in [5.74, 6) is -5.15. The molecular weight excluding hydrogens is 595 g/mol. The van der Waals surface area contributed by atoms with Crippen molar-refractivity contribution in [3.05, 3.63) is 69.8 Å². The molecule has 0 aliphatic heterocycles. The van der Waals surface area contributed by atoms with Gasteiger partial charge in [-0.3, -0.25) is 29.2 Å². The maximum absolute atomic E-state index is 14.1. The number of nitrogen functional groups attached to an aromatic ring is 1. The summed E-state index contributed by atoms with van der Waals surface area (Å²) in [5, 5.41) is 33.1. The number of fused-ring (bicyclic) bond motifs is 1. The lowest BCUT2D eigenvalue weighted by Crippen LogP contribution is -2.55. The van der Waals surface area contributed by atoms with Crippen LogP contribution in [0.3, 0.4) is 0 Å². The maximum atomic E-state index is 14.1. The highest BCUT2D eigenvalue weighted by atomic mass is 19.1. The fourth-order valence-electron chi connectivity index (χ4n) is 4.49. The number of nitrogens with zero attached hydrogens (tertiary/aromatic N) is 3. The topological polar surface area (TPSA) is 236 Å². The molecule has 0 saturated carbocycles. The second-order valence-electron chi connectivity index (χ2n) is 9.74. The minimum absolute atomic E-state index is 0.113. The van der Waals surface area contributed by atoms with Crippen molar-refractivity contribution in [2.75, 3.05) is 12.3 Å². The van der Waals surface area contributed by atoms with Gasteiger partial charge in [0.1, 0.15) is 17.9 Å². The lowest BCUT2D eigenvalue weighted by Gasteiger charge is -2.38. The molecular formula is C29H29FN6O9. The Hall–Kier alpha value is -5.82. The fourth-order valence-corrected chi connectivity index (χ4v) is 4.49. The van der Waals surface area contributed by atoms with Gasteiger partial charge in [-0.25, -0.2) is 24.0 Å². The van der Waals surface area contributed by atoms with Crippen molar-refractivity contribution in [3.8, 4) is 12.3 Å². The number of halogens is 1. The van der Waals surface area contributed by atoms with Gasteiger partial charge < -0.3 is 26.4 Å². The van der Waals surface area contributed by atoms with Crippen molar-refractivity contribution in [2.24, 2.45) is 0 Å². The van der Waals surface area contributed by atoms with Crippen molar-refractivity contribution in [1.82, 2.24) is 25.3 Å². The number of carboxylic acids is 3. The zero-order valence-corrected chi connectivity index (χ0v) is 23.6. The standard InChI is InChI=1S/C29H29FN6O9/c1-2-13-35(15-16-7-8-20-18(14-16)26(41)34-29(31)33-20)36(22(28(44)45)10-12-24(38)39)23(37)11-9-21(27(42)43)32-25(40)17-5-3-4-6-19(17)30/h1,3-8,14,21-22H,9-13,15H2,(H,32,40)(H,38,39)(H,42,43)(H,44,45)(H3,31,33,34,41)/t21-,22+/m0/s1. The van der Waals surface area contributed by atoms with E-state index in [9.17, 15) is 48.5 Å². The van der Waals surface area contributed by atoms with Gasteiger partial charge >= 0.3 is 17.9 Å². The number of carbonyl (C=O) groups is 5. The molecule has 16 heteroatoms. The fraction of sp³-hybridized carbons (Fsp3) is 0.276. The minimum atomic E-state index is -1.75. The van der Waals surface area contributed by atoms with Gasteiger partial charge in [0.25, 0.3) is 11.5 Å². The Morgan fingerprint density at radius 1 is 1.04 bits per heavy atom. The highest BCUT2D eigenvalue weighted by Crippen LogP contribution is 2.20. The number of carbonyl (C=O) groups excluding carboxylic acids is 2. The number of hydrazine groups is 1. The van der Waals surface area contributed by atoms with E-state index in [0.717, 1.165) is 22.2 Å². The number of nitrogens with two attached hydrogens (primary N) is 1. The number of carboxylic acid groups (broad SMARTS) is 3. The molecule has 3 aromatic rings. The zero-order chi connectivity index (χ0) is 33.3. The number of anilines is 1. The van der Waals surface area contributed by atoms with E-state index in [0.29, 0.717) is 5.56 Å². The summed E-state index contributed by atoms with van der Waals surface area (Å²) < 4.78 is 14.1. The summed E-state index contributed by atoms with van der Waals surface area (Å²) in [6, 6.07) is 5.86. The molecule has 0 fully saturated rings. The van der Waals surface area contributed by atoms with Gasteiger partial charge in [0, 0.05) is 19.4 Å². The van der Waals surface area contributed by atoms with E-state index in [-0.39, 0.29) is 29.9 Å². The number of H-pyrrole nitrogens is 1. The second kappa shape index (κ2) is 15.1. The molecule has 2 amide bonds. The summed E-state index contributed by atoms with van der Waals surface area (Å²) >= 11 is 0. The van der Waals surface area contributed by atoms with Crippen LogP contribution in [0.2, 0.25) is 0 Å². The monoisotopic (exact) mass is 624 g/mol. The molecule has 45 heavy (non-hydrogen) atoms. The summed E-state index contributed by atoms with van der Waals surface area (Å²) in [5.41, 5.74) is 5.25. The van der Waals surface area contributed by atoms with E-state index in [1.165, 1.54) is 30.3 Å². The Bertz CT molecular complexity index is 1720. The maximum Gasteiger partial charge on any atom is 0.328 e. The van der Waals surface area contributed by atoms with Crippen molar-refractivity contribution >= 4 is 46.6 Å². The Labute approximate surface area is 254 Å². The molecule has 1 aromatic heterocycles. The van der Waals surface area contributed by atoms with Crippen molar-refractivity contribution in [1.29, 1.82) is 0 Å². The molecule has 0 bridgehead atoms. The third-order valence-corrected chi connectivity index (χ3v) is 6.57. The molecule has 0 aliphatic carbocycles. The second-order valence-corrected chi connectivity index (χ2v) is 9.74. The first-order valence-corrected chi connectivity index (χ1v) is 13.3. The molecule has 3 rings (SSSR count). The molecule has 0 radical (unpaired) electrons. The van der Waals surface area contributed by atoms with Gasteiger partial charge in [0.2, 0.25) is 11.9 Å². The van der Waals surface area contributed by atoms with Crippen LogP contribution < -0.4 is 16.6 Å². The van der Waals surface area contributed by atoms with Crippen molar-refractivity contribution in [2.45, 2.75) is 44.3 Å². The van der Waals surface area contributed by atoms with Gasteiger partial charge in [-0.05, 0) is 42.7 Å². The summed E-state index contributed by atoms with van der Waals surface area (Å²) in [4.78, 5) is 80.5. The van der Waals surface area contributed by atoms with Gasteiger partial charge in [0.15, 0.2) is 0 Å². The van der Waals surface area contributed by atoms with E-state index in [4.69, 9.17) is 12.2 Å². The molecule has 1 heterocycles. The molecule has 0 unspecified atom stereocenters. The summed E-state index contributed by atoms with van der Waals surface area (Å²) in [7, 11) is 0. The van der Waals surface area contributed by atoms with Crippen LogP contribution in [0.5, 0.6) is 0 Å². The first kappa shape index (κ1) is 33.7. The van der Waals surface area contributed by atoms with E-state index in [1.807, 2.05) is 0 Å². The van der Waals surface area contributed by atoms with Crippen LogP contribution in [0.4, 0.5) is 10.3 Å². The molecule has 7 N–H and O–H groups in total. The molecule has 236 valence electrons. The molecule has 0 spiro atoms. The largest absolute Gasteiger partial charge is 0.481 e. The first-order chi connectivity index (χ1) is 21.3. The van der Waals surface area contributed by atoms with Crippen LogP contribution in [0.25, 0.3) is 10.9 Å². The van der Waals surface area contributed by atoms with Crippen LogP contribution in [-0.4, -0.2) is 83.7 Å². The van der Waals surface area contributed by atoms with E-state index in [1.54, 1.807) is 0 Å². The third-order valence-electron chi connectivity index (χ3n) is 6.57. The number of nitrogens with one attached hydrogen (secondary N) is 2. The van der Waals surface area contributed by atoms with E-state index in [2.05, 4.69) is 21.2 Å². The molecule has 0 saturated heterocycles. The Morgan fingerprint density at radius 2 is 1.76 bits per heavy atom. The van der Waals surface area contributed by atoms with Crippen LogP contribution in [0, 0.1) is 18.2 Å². The van der Waals surface area contributed by atoms with E-state index < -0.39 is 84.4 Å². The number of aliphatic carboxylic acids is 3. The summed E-state index contributed by atoms with van der Waals surface area (Å²) in [6.07, 6.45) is 3.16. The average Bonchev–Trinajstić information content (AvgIpc) is 2.97. The molecule has 2 aromatic carbocycles. The predicted octanol–water partition coefficient (Wildman–Crippen LogP) is 0.805. The van der Waals surface area contributed by atoms with Crippen LogP contribution >= 0.6 is 0 Å². The molecule has 2 atom stereocenters. The Balaban J connectivity index is 1.94. The van der Waals surface area contributed by atoms with Crippen molar-refractivity contribution < 1.29 is 43.7 Å². The number of amides is 2. The number of terminal acetylenes is 1. The SMILES string of the molecule is C#CCN(Cc1ccc2nc(N)[nH]c(=O)c2c1)N(C(=O)CC[C@H](NC(=O)c1ccccc1F)C(=O)O)[C@H](CCC(=O)O)C(=O)O. The number of hydrogen-bond donors (Lipinski definition) is 6. The lowest BCUT2D eigenvalue weighted by atomic mass is 10.1. The lowest BCUT2D eigenvalue weighted by molar-refractivity contribution is -0.170. The highest BCUT2D eigenvalue weighted by molar-refractivity contribution is 5.97. The normalized spacial score (nSPS) is 12.2. The quantitative estimate of drug-likeness (QED) is 0.102. The average molecular weight is 625 g/mol. The van der Waals surface area contributed by atoms with Crippen LogP contribution in [-0.2, 0) is 25.7 Å². The smallest absolute Gasteiger partial charge is 0.328 e. The molecule has 15 nitrogen and oxygen atoms in total. The van der Waals surface area contributed by atoms with Gasteiger partial charge in [0.05, 0.1) is 23.0 Å². The Morgan fingerprint density at radius 3 is 2.38 bits per heavy atom. The first-order valence-electron chi connectivity index (χ1n) is 13.3. The number of aromatic nitrogens is 2. The number of hydrogen-bond acceptors (Lipinski definition) is 9. The third kappa shape index (κ3) is 8.84. The Kier molecular flexibility index (Phi) is 11.3. The minimum Gasteiger partial charge on any atom is -0.481 e. The zero-order valence-electron chi connectivity index (χ0n) is 23.6. The molecule has 0 aliphatic rings. The number of benzene rings is 2. The van der Waals surface area contributed by atoms with Crippen LogP contribution in [0.1, 0.15) is 41.6 Å².